The highest BCUT2D eigenvalue weighted by Gasteiger charge is 2.39. The molecule has 1 aliphatic rings. The first kappa shape index (κ1) is 19.8. The van der Waals surface area contributed by atoms with E-state index in [0.29, 0.717) is 23.5 Å². The summed E-state index contributed by atoms with van der Waals surface area (Å²) in [4.78, 5) is 4.68. The molecule has 156 valence electrons. The predicted molar refractivity (Wildman–Crippen MR) is 120 cm³/mol. The second-order valence-corrected chi connectivity index (χ2v) is 9.55. The van der Waals surface area contributed by atoms with Gasteiger partial charge in [0.15, 0.2) is 0 Å². The Balaban J connectivity index is 1.66. The lowest BCUT2D eigenvalue weighted by molar-refractivity contribution is 0.371. The number of hydrogen-bond acceptors (Lipinski definition) is 5. The molecule has 0 spiro atoms. The number of sulfonamides is 1. The Bertz CT molecular complexity index is 1400. The third-order valence-corrected chi connectivity index (χ3v) is 7.28. The van der Waals surface area contributed by atoms with Crippen LogP contribution in [0.4, 0.5) is 0 Å². The highest BCUT2D eigenvalue weighted by molar-refractivity contribution is 7.89. The van der Waals surface area contributed by atoms with Gasteiger partial charge >= 0.3 is 0 Å². The molecule has 3 heterocycles. The second kappa shape index (κ2) is 7.51. The topological polar surface area (TPSA) is 75.8 Å². The van der Waals surface area contributed by atoms with Crippen molar-refractivity contribution >= 4 is 38.2 Å². The van der Waals surface area contributed by atoms with Gasteiger partial charge in [0.2, 0.25) is 0 Å². The summed E-state index contributed by atoms with van der Waals surface area (Å²) >= 11 is 6.56. The minimum absolute atomic E-state index is 0.157. The number of fused-ring (bicyclic) bond motifs is 1. The van der Waals surface area contributed by atoms with Crippen LogP contribution in [0.15, 0.2) is 87.4 Å². The molecule has 0 amide bonds. The van der Waals surface area contributed by atoms with Gasteiger partial charge in [0.05, 0.1) is 22.7 Å². The molecule has 6 nitrogen and oxygen atoms in total. The Morgan fingerprint density at radius 3 is 2.61 bits per heavy atom. The van der Waals surface area contributed by atoms with Gasteiger partial charge in [-0.1, -0.05) is 41.9 Å². The number of rotatable bonds is 4. The standard InChI is InChI=1S/C23H18ClN3O3S/c1-15-9-10-16-13-18(23(24)25-19(16)12-15)21-14-20(22-8-5-11-30-22)26-27(21)31(28,29)17-6-3-2-4-7-17/h2-13,21H,14H2,1H3/t21-/m1/s1. The summed E-state index contributed by atoms with van der Waals surface area (Å²) < 4.78 is 33.6. The SMILES string of the molecule is Cc1ccc2cc([C@H]3CC(c4ccco4)=NN3S(=O)(=O)c3ccccc3)c(Cl)nc2c1. The zero-order valence-corrected chi connectivity index (χ0v) is 18.1. The van der Waals surface area contributed by atoms with Gasteiger partial charge in [0.25, 0.3) is 10.0 Å². The molecule has 8 heteroatoms. The molecule has 0 aliphatic carbocycles. The van der Waals surface area contributed by atoms with Crippen LogP contribution in [0.5, 0.6) is 0 Å². The van der Waals surface area contributed by atoms with Crippen molar-refractivity contribution in [3.05, 3.63) is 95.0 Å². The average molecular weight is 452 g/mol. The van der Waals surface area contributed by atoms with Gasteiger partial charge in [0.1, 0.15) is 16.6 Å². The van der Waals surface area contributed by atoms with E-state index in [2.05, 4.69) is 10.1 Å². The van der Waals surface area contributed by atoms with E-state index in [0.717, 1.165) is 20.9 Å². The molecule has 0 bridgehead atoms. The Morgan fingerprint density at radius 1 is 1.06 bits per heavy atom. The Hall–Kier alpha value is -3.16. The molecule has 4 aromatic rings. The van der Waals surface area contributed by atoms with E-state index in [4.69, 9.17) is 16.0 Å². The molecule has 31 heavy (non-hydrogen) atoms. The number of benzene rings is 2. The van der Waals surface area contributed by atoms with Gasteiger partial charge in [-0.3, -0.25) is 0 Å². The fraction of sp³-hybridized carbons (Fsp3) is 0.130. The summed E-state index contributed by atoms with van der Waals surface area (Å²) in [6.07, 6.45) is 1.85. The minimum atomic E-state index is -3.92. The number of aryl methyl sites for hydroxylation is 1. The van der Waals surface area contributed by atoms with E-state index >= 15 is 0 Å². The van der Waals surface area contributed by atoms with Crippen LogP contribution in [0, 0.1) is 6.92 Å². The van der Waals surface area contributed by atoms with E-state index in [1.165, 1.54) is 6.26 Å². The Kier molecular flexibility index (Phi) is 4.79. The maximum atomic E-state index is 13.5. The molecular formula is C23H18ClN3O3S. The van der Waals surface area contributed by atoms with Gasteiger partial charge in [-0.05, 0) is 48.9 Å². The third-order valence-electron chi connectivity index (χ3n) is 5.28. The molecule has 5 rings (SSSR count). The average Bonchev–Trinajstić information content (AvgIpc) is 3.44. The lowest BCUT2D eigenvalue weighted by Gasteiger charge is -2.24. The van der Waals surface area contributed by atoms with E-state index in [9.17, 15) is 8.42 Å². The second-order valence-electron chi connectivity index (χ2n) is 7.40. The zero-order chi connectivity index (χ0) is 21.6. The number of pyridine rings is 1. The van der Waals surface area contributed by atoms with Crippen molar-refractivity contribution in [1.82, 2.24) is 9.40 Å². The van der Waals surface area contributed by atoms with Crippen molar-refractivity contribution in [2.75, 3.05) is 0 Å². The summed E-state index contributed by atoms with van der Waals surface area (Å²) in [7, 11) is -3.92. The molecule has 0 fully saturated rings. The minimum Gasteiger partial charge on any atom is -0.463 e. The molecule has 1 aliphatic heterocycles. The fourth-order valence-corrected chi connectivity index (χ4v) is 5.46. The summed E-state index contributed by atoms with van der Waals surface area (Å²) in [5.41, 5.74) is 2.97. The molecule has 0 N–H and O–H groups in total. The zero-order valence-electron chi connectivity index (χ0n) is 16.6. The monoisotopic (exact) mass is 451 g/mol. The molecule has 2 aromatic carbocycles. The summed E-state index contributed by atoms with van der Waals surface area (Å²) in [6.45, 7) is 1.98. The van der Waals surface area contributed by atoms with E-state index in [1.807, 2.05) is 31.2 Å². The van der Waals surface area contributed by atoms with Crippen molar-refractivity contribution in [3.63, 3.8) is 0 Å². The van der Waals surface area contributed by atoms with E-state index in [1.54, 1.807) is 42.5 Å². The molecule has 0 saturated heterocycles. The van der Waals surface area contributed by atoms with Crippen molar-refractivity contribution in [2.45, 2.75) is 24.3 Å². The van der Waals surface area contributed by atoms with Crippen molar-refractivity contribution in [1.29, 1.82) is 0 Å². The van der Waals surface area contributed by atoms with Crippen LogP contribution in [0.1, 0.15) is 29.3 Å². The molecule has 0 unspecified atom stereocenters. The normalized spacial score (nSPS) is 16.6. The predicted octanol–water partition coefficient (Wildman–Crippen LogP) is 5.33. The summed E-state index contributed by atoms with van der Waals surface area (Å²) in [5.74, 6) is 0.524. The number of furan rings is 1. The highest BCUT2D eigenvalue weighted by Crippen LogP contribution is 2.40. The van der Waals surface area contributed by atoms with E-state index < -0.39 is 16.1 Å². The first-order valence-electron chi connectivity index (χ1n) is 9.71. The van der Waals surface area contributed by atoms with Crippen LogP contribution < -0.4 is 0 Å². The Labute approximate surface area is 184 Å². The maximum absolute atomic E-state index is 13.5. The molecular weight excluding hydrogens is 434 g/mol. The maximum Gasteiger partial charge on any atom is 0.279 e. The van der Waals surface area contributed by atoms with Gasteiger partial charge in [-0.2, -0.15) is 17.9 Å². The summed E-state index contributed by atoms with van der Waals surface area (Å²) in [5, 5.41) is 5.59. The number of halogens is 1. The smallest absolute Gasteiger partial charge is 0.279 e. The van der Waals surface area contributed by atoms with Crippen LogP contribution in [0.25, 0.3) is 10.9 Å². The lowest BCUT2D eigenvalue weighted by atomic mass is 10.0. The number of hydrogen-bond donors (Lipinski definition) is 0. The van der Waals surface area contributed by atoms with Crippen molar-refractivity contribution in [3.8, 4) is 0 Å². The van der Waals surface area contributed by atoms with Crippen LogP contribution in [-0.4, -0.2) is 23.5 Å². The quantitative estimate of drug-likeness (QED) is 0.393. The van der Waals surface area contributed by atoms with Gasteiger partial charge in [-0.15, -0.1) is 0 Å². The van der Waals surface area contributed by atoms with E-state index in [-0.39, 0.29) is 10.0 Å². The summed E-state index contributed by atoms with van der Waals surface area (Å²) in [6, 6.07) is 18.9. The molecule has 0 radical (unpaired) electrons. The van der Waals surface area contributed by atoms with Crippen LogP contribution in [0.3, 0.4) is 0 Å². The van der Waals surface area contributed by atoms with Crippen LogP contribution in [0.2, 0.25) is 5.15 Å². The molecule has 0 saturated carbocycles. The highest BCUT2D eigenvalue weighted by atomic mass is 35.5. The lowest BCUT2D eigenvalue weighted by Crippen LogP contribution is -2.27. The van der Waals surface area contributed by atoms with Gasteiger partial charge in [0, 0.05) is 17.4 Å². The Morgan fingerprint density at radius 2 is 1.87 bits per heavy atom. The van der Waals surface area contributed by atoms with Crippen LogP contribution >= 0.6 is 11.6 Å². The number of hydrazone groups is 1. The first-order valence-corrected chi connectivity index (χ1v) is 11.5. The number of nitrogens with zero attached hydrogens (tertiary/aromatic N) is 3. The fourth-order valence-electron chi connectivity index (χ4n) is 3.74. The largest absolute Gasteiger partial charge is 0.463 e. The third kappa shape index (κ3) is 3.49. The van der Waals surface area contributed by atoms with Crippen molar-refractivity contribution in [2.24, 2.45) is 5.10 Å². The number of aromatic nitrogens is 1. The van der Waals surface area contributed by atoms with Gasteiger partial charge in [-0.25, -0.2) is 4.98 Å². The van der Waals surface area contributed by atoms with Crippen molar-refractivity contribution < 1.29 is 12.8 Å². The van der Waals surface area contributed by atoms with Gasteiger partial charge < -0.3 is 4.42 Å². The van der Waals surface area contributed by atoms with Crippen LogP contribution in [-0.2, 0) is 10.0 Å². The molecule has 2 aromatic heterocycles. The first-order chi connectivity index (χ1) is 14.9. The molecule has 1 atom stereocenters.